The number of amides is 2. The summed E-state index contributed by atoms with van der Waals surface area (Å²) < 4.78 is 5.60. The van der Waals surface area contributed by atoms with Crippen LogP contribution in [0.25, 0.3) is 0 Å². The third-order valence-corrected chi connectivity index (χ3v) is 6.56. The van der Waals surface area contributed by atoms with Gasteiger partial charge >= 0.3 is 0 Å². The van der Waals surface area contributed by atoms with Crippen LogP contribution in [0.1, 0.15) is 43.7 Å². The van der Waals surface area contributed by atoms with E-state index in [0.717, 1.165) is 36.9 Å². The number of carbonyl (C=O) groups is 2. The van der Waals surface area contributed by atoms with E-state index in [4.69, 9.17) is 9.57 Å². The van der Waals surface area contributed by atoms with Gasteiger partial charge in [0.1, 0.15) is 11.7 Å². The summed E-state index contributed by atoms with van der Waals surface area (Å²) >= 11 is 0. The standard InChI is InChI=1S/C24H26N2O4/c1-29-19-15-9-8-14-18(19)21-20-22(30-26(21)17-12-6-3-7-13-17)24(28)25(23(20)27)16-10-4-2-5-11-16/h3,6-9,12-16,20-22H,2,4-5,10-11H2,1H3/t20-,21+,22+/m0/s1. The molecule has 6 nitrogen and oxygen atoms in total. The highest BCUT2D eigenvalue weighted by molar-refractivity contribution is 6.08. The summed E-state index contributed by atoms with van der Waals surface area (Å²) in [5, 5.41) is 1.72. The number of ether oxygens (including phenoxy) is 1. The van der Waals surface area contributed by atoms with Crippen LogP contribution in [-0.4, -0.2) is 36.0 Å². The van der Waals surface area contributed by atoms with Crippen molar-refractivity contribution in [2.45, 2.75) is 50.3 Å². The van der Waals surface area contributed by atoms with Gasteiger partial charge in [0.25, 0.3) is 5.91 Å². The SMILES string of the molecule is COc1ccccc1[C@@H]1[C@@H]2C(=O)N(C3CCCCC3)C(=O)[C@@H]2ON1c1ccccc1. The number of fused-ring (bicyclic) bond motifs is 1. The molecule has 0 unspecified atom stereocenters. The highest BCUT2D eigenvalue weighted by atomic mass is 16.7. The van der Waals surface area contributed by atoms with E-state index < -0.39 is 18.1 Å². The summed E-state index contributed by atoms with van der Waals surface area (Å²) in [5.74, 6) is -0.221. The third kappa shape index (κ3) is 2.98. The Morgan fingerprint density at radius 2 is 1.60 bits per heavy atom. The summed E-state index contributed by atoms with van der Waals surface area (Å²) in [6.07, 6.45) is 4.27. The molecular formula is C24H26N2O4. The number of likely N-dealkylation sites (tertiary alicyclic amines) is 1. The molecule has 2 saturated heterocycles. The molecule has 1 aliphatic carbocycles. The van der Waals surface area contributed by atoms with Gasteiger partial charge in [-0.05, 0) is 31.0 Å². The highest BCUT2D eigenvalue weighted by Gasteiger charge is 2.61. The fourth-order valence-electron chi connectivity index (χ4n) is 5.16. The first-order valence-corrected chi connectivity index (χ1v) is 10.7. The normalized spacial score (nSPS) is 26.9. The average Bonchev–Trinajstić information content (AvgIpc) is 3.31. The van der Waals surface area contributed by atoms with Crippen LogP contribution in [0.4, 0.5) is 5.69 Å². The molecule has 2 aliphatic heterocycles. The number of hydrogen-bond acceptors (Lipinski definition) is 5. The van der Waals surface area contributed by atoms with Crippen LogP contribution in [0.15, 0.2) is 54.6 Å². The zero-order valence-electron chi connectivity index (χ0n) is 17.1. The Balaban J connectivity index is 1.57. The van der Waals surface area contributed by atoms with Gasteiger partial charge in [0.05, 0.1) is 18.8 Å². The average molecular weight is 406 g/mol. The smallest absolute Gasteiger partial charge is 0.262 e. The van der Waals surface area contributed by atoms with E-state index in [-0.39, 0.29) is 17.9 Å². The lowest BCUT2D eigenvalue weighted by Gasteiger charge is -2.33. The van der Waals surface area contributed by atoms with E-state index in [1.165, 1.54) is 11.3 Å². The van der Waals surface area contributed by atoms with Gasteiger partial charge in [0.2, 0.25) is 5.91 Å². The van der Waals surface area contributed by atoms with Gasteiger partial charge in [-0.1, -0.05) is 55.7 Å². The van der Waals surface area contributed by atoms with Crippen molar-refractivity contribution in [1.29, 1.82) is 0 Å². The van der Waals surface area contributed by atoms with Crippen molar-refractivity contribution in [3.05, 3.63) is 60.2 Å². The number of imide groups is 1. The van der Waals surface area contributed by atoms with Gasteiger partial charge < -0.3 is 4.74 Å². The largest absolute Gasteiger partial charge is 0.496 e. The molecular weight excluding hydrogens is 380 g/mol. The van der Waals surface area contributed by atoms with E-state index in [1.807, 2.05) is 54.6 Å². The van der Waals surface area contributed by atoms with Crippen molar-refractivity contribution in [1.82, 2.24) is 4.90 Å². The van der Waals surface area contributed by atoms with Crippen LogP contribution >= 0.6 is 0 Å². The first-order chi connectivity index (χ1) is 14.7. The Morgan fingerprint density at radius 1 is 0.900 bits per heavy atom. The molecule has 2 aromatic carbocycles. The Bertz CT molecular complexity index is 941. The lowest BCUT2D eigenvalue weighted by atomic mass is 9.89. The van der Waals surface area contributed by atoms with Crippen molar-refractivity contribution in [2.75, 3.05) is 12.2 Å². The molecule has 0 N–H and O–H groups in total. The minimum absolute atomic E-state index is 0.00329. The number of rotatable bonds is 4. The van der Waals surface area contributed by atoms with Crippen molar-refractivity contribution in [3.63, 3.8) is 0 Å². The van der Waals surface area contributed by atoms with Crippen molar-refractivity contribution in [3.8, 4) is 5.75 Å². The molecule has 3 fully saturated rings. The number of para-hydroxylation sites is 2. The summed E-state index contributed by atoms with van der Waals surface area (Å²) in [7, 11) is 1.62. The van der Waals surface area contributed by atoms with E-state index >= 15 is 0 Å². The van der Waals surface area contributed by atoms with E-state index in [2.05, 4.69) is 0 Å². The van der Waals surface area contributed by atoms with E-state index in [1.54, 1.807) is 12.2 Å². The number of anilines is 1. The number of benzene rings is 2. The lowest BCUT2D eigenvalue weighted by molar-refractivity contribution is -0.146. The molecule has 1 saturated carbocycles. The summed E-state index contributed by atoms with van der Waals surface area (Å²) in [6.45, 7) is 0. The van der Waals surface area contributed by atoms with Gasteiger partial charge in [-0.25, -0.2) is 5.06 Å². The molecule has 0 aromatic heterocycles. The number of nitrogens with zero attached hydrogens (tertiary/aromatic N) is 2. The fourth-order valence-corrected chi connectivity index (χ4v) is 5.16. The Hall–Kier alpha value is -2.86. The molecule has 0 bridgehead atoms. The van der Waals surface area contributed by atoms with Crippen LogP contribution in [0.3, 0.4) is 0 Å². The van der Waals surface area contributed by atoms with Gasteiger partial charge in [0, 0.05) is 11.6 Å². The van der Waals surface area contributed by atoms with E-state index in [9.17, 15) is 9.59 Å². The highest BCUT2D eigenvalue weighted by Crippen LogP contribution is 2.49. The third-order valence-electron chi connectivity index (χ3n) is 6.56. The Labute approximate surface area is 176 Å². The van der Waals surface area contributed by atoms with Crippen LogP contribution < -0.4 is 9.80 Å². The zero-order chi connectivity index (χ0) is 20.7. The van der Waals surface area contributed by atoms with Gasteiger partial charge in [0.15, 0.2) is 6.10 Å². The molecule has 2 amide bonds. The summed E-state index contributed by atoms with van der Waals surface area (Å²) in [6, 6.07) is 16.9. The topological polar surface area (TPSA) is 59.1 Å². The van der Waals surface area contributed by atoms with Crippen LogP contribution in [0.2, 0.25) is 0 Å². The van der Waals surface area contributed by atoms with Gasteiger partial charge in [-0.2, -0.15) is 0 Å². The predicted molar refractivity (Wildman–Crippen MR) is 112 cm³/mol. The summed E-state index contributed by atoms with van der Waals surface area (Å²) in [4.78, 5) is 34.7. The van der Waals surface area contributed by atoms with Gasteiger partial charge in [-0.15, -0.1) is 0 Å². The number of hydrogen-bond donors (Lipinski definition) is 0. The van der Waals surface area contributed by atoms with Crippen molar-refractivity contribution < 1.29 is 19.2 Å². The maximum atomic E-state index is 13.6. The molecule has 6 heteroatoms. The first kappa shape index (κ1) is 19.1. The van der Waals surface area contributed by atoms with Crippen LogP contribution in [-0.2, 0) is 14.4 Å². The molecule has 30 heavy (non-hydrogen) atoms. The molecule has 2 aromatic rings. The van der Waals surface area contributed by atoms with Gasteiger partial charge in [-0.3, -0.25) is 19.3 Å². The van der Waals surface area contributed by atoms with Crippen molar-refractivity contribution >= 4 is 17.5 Å². The zero-order valence-corrected chi connectivity index (χ0v) is 17.1. The molecule has 3 atom stereocenters. The Kier molecular flexibility index (Phi) is 4.95. The predicted octanol–water partition coefficient (Wildman–Crippen LogP) is 3.87. The van der Waals surface area contributed by atoms with Crippen LogP contribution in [0, 0.1) is 5.92 Å². The molecule has 3 aliphatic rings. The second kappa shape index (κ2) is 7.76. The molecule has 2 heterocycles. The number of carbonyl (C=O) groups excluding carboxylic acids is 2. The molecule has 5 rings (SSSR count). The number of hydroxylamine groups is 1. The molecule has 156 valence electrons. The first-order valence-electron chi connectivity index (χ1n) is 10.7. The fraction of sp³-hybridized carbons (Fsp3) is 0.417. The minimum Gasteiger partial charge on any atom is -0.496 e. The van der Waals surface area contributed by atoms with Crippen LogP contribution in [0.5, 0.6) is 5.75 Å². The maximum Gasteiger partial charge on any atom is 0.262 e. The minimum atomic E-state index is -0.797. The lowest BCUT2D eigenvalue weighted by Crippen LogP contribution is -2.44. The van der Waals surface area contributed by atoms with E-state index in [0.29, 0.717) is 5.75 Å². The van der Waals surface area contributed by atoms with Crippen molar-refractivity contribution in [2.24, 2.45) is 5.92 Å². The molecule has 0 spiro atoms. The molecule has 0 radical (unpaired) electrons. The monoisotopic (exact) mass is 406 g/mol. The summed E-state index contributed by atoms with van der Waals surface area (Å²) in [5.41, 5.74) is 1.66. The number of methoxy groups -OCH3 is 1. The Morgan fingerprint density at radius 3 is 2.33 bits per heavy atom. The second-order valence-corrected chi connectivity index (χ2v) is 8.24. The second-order valence-electron chi connectivity index (χ2n) is 8.24. The maximum absolute atomic E-state index is 13.6. The quantitative estimate of drug-likeness (QED) is 0.722.